The third kappa shape index (κ3) is 3.89. The molecule has 0 spiro atoms. The highest BCUT2D eigenvalue weighted by atomic mass is 16.5. The maximum absolute atomic E-state index is 5.48. The van der Waals surface area contributed by atoms with Gasteiger partial charge in [0.05, 0.1) is 12.7 Å². The molecule has 2 aromatic heterocycles. The summed E-state index contributed by atoms with van der Waals surface area (Å²) in [4.78, 5) is 16.5. The predicted molar refractivity (Wildman–Crippen MR) is 73.1 cm³/mol. The van der Waals surface area contributed by atoms with E-state index in [2.05, 4.69) is 25.3 Å². The zero-order valence-electron chi connectivity index (χ0n) is 11.8. The van der Waals surface area contributed by atoms with Crippen LogP contribution < -0.4 is 10.1 Å². The van der Waals surface area contributed by atoms with Crippen molar-refractivity contribution in [3.63, 3.8) is 0 Å². The molecule has 0 aliphatic heterocycles. The summed E-state index contributed by atoms with van der Waals surface area (Å²) in [6.45, 7) is 4.81. The molecule has 0 aliphatic rings. The molecule has 2 aromatic rings. The summed E-state index contributed by atoms with van der Waals surface area (Å²) in [6.07, 6.45) is 5.19. The molecule has 8 nitrogen and oxygen atoms in total. The molecule has 0 aromatic carbocycles. The smallest absolute Gasteiger partial charge is 0.323 e. The van der Waals surface area contributed by atoms with Gasteiger partial charge in [0.15, 0.2) is 0 Å². The molecule has 2 heterocycles. The maximum Gasteiger partial charge on any atom is 0.323 e. The van der Waals surface area contributed by atoms with Crippen molar-refractivity contribution < 1.29 is 9.47 Å². The van der Waals surface area contributed by atoms with Gasteiger partial charge < -0.3 is 14.8 Å². The fourth-order valence-corrected chi connectivity index (χ4v) is 1.43. The number of imidazole rings is 1. The molecule has 0 radical (unpaired) electrons. The summed E-state index contributed by atoms with van der Waals surface area (Å²) >= 11 is 0. The second-order valence-electron chi connectivity index (χ2n) is 4.23. The van der Waals surface area contributed by atoms with Gasteiger partial charge in [-0.15, -0.1) is 0 Å². The van der Waals surface area contributed by atoms with Gasteiger partial charge in [0, 0.05) is 19.4 Å². The minimum absolute atomic E-state index is 0.173. The molecule has 20 heavy (non-hydrogen) atoms. The van der Waals surface area contributed by atoms with E-state index in [0.717, 1.165) is 0 Å². The summed E-state index contributed by atoms with van der Waals surface area (Å²) in [5.41, 5.74) is 0. The Morgan fingerprint density at radius 1 is 1.25 bits per heavy atom. The molecular weight excluding hydrogens is 260 g/mol. The lowest BCUT2D eigenvalue weighted by Crippen LogP contribution is -2.14. The van der Waals surface area contributed by atoms with Gasteiger partial charge in [0.2, 0.25) is 11.9 Å². The topological polar surface area (TPSA) is 87.0 Å². The monoisotopic (exact) mass is 278 g/mol. The molecule has 0 unspecified atom stereocenters. The zero-order valence-corrected chi connectivity index (χ0v) is 11.8. The highest BCUT2D eigenvalue weighted by Gasteiger charge is 2.08. The minimum Gasteiger partial charge on any atom is -0.461 e. The van der Waals surface area contributed by atoms with E-state index in [1.54, 1.807) is 30.3 Å². The van der Waals surface area contributed by atoms with E-state index in [-0.39, 0.29) is 12.1 Å². The van der Waals surface area contributed by atoms with Crippen LogP contribution in [0.5, 0.6) is 6.01 Å². The first-order chi connectivity index (χ1) is 9.69. The lowest BCUT2D eigenvalue weighted by atomic mass is 10.5. The number of nitrogens with zero attached hydrogens (tertiary/aromatic N) is 5. The van der Waals surface area contributed by atoms with Crippen molar-refractivity contribution in [2.45, 2.75) is 20.0 Å². The maximum atomic E-state index is 5.48. The van der Waals surface area contributed by atoms with E-state index in [0.29, 0.717) is 25.1 Å². The standard InChI is InChI=1S/C12H18N6O2/c1-9(2)19-6-7-20-12-16-10(13-3)15-11(17-12)18-5-4-14-8-18/h4-5,8-9H,6-7H2,1-3H3,(H,13,15,16,17). The van der Waals surface area contributed by atoms with Crippen LogP contribution in [0.1, 0.15) is 13.8 Å². The molecule has 0 fully saturated rings. The number of anilines is 1. The number of rotatable bonds is 7. The van der Waals surface area contributed by atoms with E-state index >= 15 is 0 Å². The van der Waals surface area contributed by atoms with Crippen LogP contribution in [0, 0.1) is 0 Å². The predicted octanol–water partition coefficient (Wildman–Crippen LogP) is 0.903. The second-order valence-corrected chi connectivity index (χ2v) is 4.23. The Labute approximate surface area is 117 Å². The van der Waals surface area contributed by atoms with Crippen molar-refractivity contribution in [1.82, 2.24) is 24.5 Å². The summed E-state index contributed by atoms with van der Waals surface area (Å²) in [5.74, 6) is 0.880. The molecule has 1 N–H and O–H groups in total. The Balaban J connectivity index is 2.06. The van der Waals surface area contributed by atoms with Crippen LogP contribution >= 0.6 is 0 Å². The van der Waals surface area contributed by atoms with Crippen LogP contribution in [0.2, 0.25) is 0 Å². The van der Waals surface area contributed by atoms with E-state index in [4.69, 9.17) is 9.47 Å². The molecule has 0 saturated heterocycles. The lowest BCUT2D eigenvalue weighted by Gasteiger charge is -2.09. The summed E-state index contributed by atoms with van der Waals surface area (Å²) in [5, 5.41) is 2.87. The molecular formula is C12H18N6O2. The molecule has 0 bridgehead atoms. The van der Waals surface area contributed by atoms with Crippen LogP contribution in [-0.2, 0) is 4.74 Å². The van der Waals surface area contributed by atoms with Crippen molar-refractivity contribution >= 4 is 5.95 Å². The molecule has 0 saturated carbocycles. The molecule has 108 valence electrons. The van der Waals surface area contributed by atoms with Gasteiger partial charge in [-0.05, 0) is 13.8 Å². The lowest BCUT2D eigenvalue weighted by molar-refractivity contribution is 0.0531. The average molecular weight is 278 g/mol. The first kappa shape index (κ1) is 14.2. The first-order valence-corrected chi connectivity index (χ1v) is 6.35. The van der Waals surface area contributed by atoms with Crippen LogP contribution in [-0.4, -0.2) is 50.9 Å². The van der Waals surface area contributed by atoms with Gasteiger partial charge in [-0.3, -0.25) is 4.57 Å². The summed E-state index contributed by atoms with van der Waals surface area (Å²) in [6, 6.07) is 0.250. The third-order valence-corrected chi connectivity index (χ3v) is 2.33. The quantitative estimate of drug-likeness (QED) is 0.753. The third-order valence-electron chi connectivity index (χ3n) is 2.33. The van der Waals surface area contributed by atoms with Crippen molar-refractivity contribution in [3.8, 4) is 12.0 Å². The Bertz CT molecular complexity index is 529. The van der Waals surface area contributed by atoms with Gasteiger partial charge in [0.1, 0.15) is 12.9 Å². The number of ether oxygens (including phenoxy) is 2. The Morgan fingerprint density at radius 3 is 2.75 bits per heavy atom. The largest absolute Gasteiger partial charge is 0.461 e. The SMILES string of the molecule is CNc1nc(OCCOC(C)C)nc(-n2ccnc2)n1. The van der Waals surface area contributed by atoms with Crippen LogP contribution in [0.4, 0.5) is 5.95 Å². The molecule has 8 heteroatoms. The van der Waals surface area contributed by atoms with Crippen LogP contribution in [0.3, 0.4) is 0 Å². The van der Waals surface area contributed by atoms with Crippen LogP contribution in [0.15, 0.2) is 18.7 Å². The number of aromatic nitrogens is 5. The number of hydrogen-bond acceptors (Lipinski definition) is 7. The average Bonchev–Trinajstić information content (AvgIpc) is 2.97. The highest BCUT2D eigenvalue weighted by Crippen LogP contribution is 2.10. The van der Waals surface area contributed by atoms with Gasteiger partial charge in [0.25, 0.3) is 0 Å². The minimum atomic E-state index is 0.173. The van der Waals surface area contributed by atoms with Gasteiger partial charge in [-0.25, -0.2) is 4.98 Å². The Hall–Kier alpha value is -2.22. The Morgan fingerprint density at radius 2 is 2.10 bits per heavy atom. The Kier molecular flexibility index (Phi) is 4.83. The van der Waals surface area contributed by atoms with E-state index in [1.807, 2.05) is 13.8 Å². The summed E-state index contributed by atoms with van der Waals surface area (Å²) < 4.78 is 12.6. The zero-order chi connectivity index (χ0) is 14.4. The van der Waals surface area contributed by atoms with Gasteiger partial charge in [-0.2, -0.15) is 15.0 Å². The van der Waals surface area contributed by atoms with E-state index in [1.165, 1.54) is 0 Å². The van der Waals surface area contributed by atoms with Crippen LogP contribution in [0.25, 0.3) is 5.95 Å². The molecule has 0 atom stereocenters. The van der Waals surface area contributed by atoms with E-state index < -0.39 is 0 Å². The molecule has 2 rings (SSSR count). The van der Waals surface area contributed by atoms with Crippen molar-refractivity contribution in [2.75, 3.05) is 25.6 Å². The fourth-order valence-electron chi connectivity index (χ4n) is 1.43. The molecule has 0 amide bonds. The van der Waals surface area contributed by atoms with Crippen molar-refractivity contribution in [3.05, 3.63) is 18.7 Å². The first-order valence-electron chi connectivity index (χ1n) is 6.35. The molecule has 0 aliphatic carbocycles. The van der Waals surface area contributed by atoms with E-state index in [9.17, 15) is 0 Å². The number of nitrogens with one attached hydrogen (secondary N) is 1. The van der Waals surface area contributed by atoms with Crippen molar-refractivity contribution in [1.29, 1.82) is 0 Å². The van der Waals surface area contributed by atoms with Crippen molar-refractivity contribution in [2.24, 2.45) is 0 Å². The fraction of sp³-hybridized carbons (Fsp3) is 0.500. The van der Waals surface area contributed by atoms with Gasteiger partial charge >= 0.3 is 6.01 Å². The number of hydrogen-bond donors (Lipinski definition) is 1. The summed E-state index contributed by atoms with van der Waals surface area (Å²) in [7, 11) is 1.73. The highest BCUT2D eigenvalue weighted by molar-refractivity contribution is 5.29. The van der Waals surface area contributed by atoms with Gasteiger partial charge in [-0.1, -0.05) is 0 Å². The normalized spacial score (nSPS) is 10.8. The second kappa shape index (κ2) is 6.80.